The molecule has 0 aromatic heterocycles. The van der Waals surface area contributed by atoms with E-state index in [2.05, 4.69) is 4.72 Å². The first-order valence-corrected chi connectivity index (χ1v) is 8.66. The van der Waals surface area contributed by atoms with Gasteiger partial charge in [-0.2, -0.15) is 0 Å². The van der Waals surface area contributed by atoms with Crippen molar-refractivity contribution in [1.29, 1.82) is 0 Å². The minimum atomic E-state index is -3.62. The Bertz CT molecular complexity index is 841. The molecule has 0 heterocycles. The summed E-state index contributed by atoms with van der Waals surface area (Å²) in [5, 5.41) is 0. The number of para-hydroxylation sites is 1. The predicted octanol–water partition coefficient (Wildman–Crippen LogP) is 2.85. The number of ketones is 1. The van der Waals surface area contributed by atoms with E-state index in [1.165, 1.54) is 0 Å². The number of hydrogen-bond donors (Lipinski definition) is 1. The normalized spacial score (nSPS) is 14.5. The number of benzene rings is 2. The molecule has 0 aliphatic heterocycles. The average molecular weight is 315 g/mol. The van der Waals surface area contributed by atoms with Crippen LogP contribution >= 0.6 is 0 Å². The first-order valence-electron chi connectivity index (χ1n) is 7.18. The number of carbonyl (C=O) groups is 1. The summed E-state index contributed by atoms with van der Waals surface area (Å²) < 4.78 is 27.7. The third-order valence-electron chi connectivity index (χ3n) is 3.94. The molecule has 0 unspecified atom stereocenters. The zero-order chi connectivity index (χ0) is 15.7. The van der Waals surface area contributed by atoms with E-state index in [0.717, 1.165) is 16.7 Å². The summed E-state index contributed by atoms with van der Waals surface area (Å²) >= 11 is 0. The zero-order valence-electron chi connectivity index (χ0n) is 12.3. The van der Waals surface area contributed by atoms with Crippen LogP contribution in [-0.2, 0) is 27.7 Å². The molecule has 22 heavy (non-hydrogen) atoms. The molecular weight excluding hydrogens is 298 g/mol. The highest BCUT2D eigenvalue weighted by atomic mass is 32.2. The van der Waals surface area contributed by atoms with Gasteiger partial charge in [-0.05, 0) is 48.2 Å². The molecule has 0 atom stereocenters. The quantitative estimate of drug-likeness (QED) is 0.947. The van der Waals surface area contributed by atoms with E-state index in [-0.39, 0.29) is 10.7 Å². The van der Waals surface area contributed by atoms with Gasteiger partial charge >= 0.3 is 0 Å². The molecule has 5 heteroatoms. The van der Waals surface area contributed by atoms with Gasteiger partial charge in [0.25, 0.3) is 10.0 Å². The molecule has 3 rings (SSSR count). The van der Waals surface area contributed by atoms with Crippen LogP contribution in [0, 0.1) is 6.92 Å². The van der Waals surface area contributed by atoms with Crippen LogP contribution in [0.5, 0.6) is 0 Å². The summed E-state index contributed by atoms with van der Waals surface area (Å²) in [7, 11) is -3.62. The van der Waals surface area contributed by atoms with Gasteiger partial charge in [0, 0.05) is 12.8 Å². The van der Waals surface area contributed by atoms with Crippen LogP contribution in [-0.4, -0.2) is 14.2 Å². The van der Waals surface area contributed by atoms with Crippen molar-refractivity contribution in [2.24, 2.45) is 0 Å². The first kappa shape index (κ1) is 14.8. The standard InChI is InChI=1S/C17H17NO3S/c1-12-4-2-3-5-17(12)18-22(20,21)16-9-7-13-10-15(19)8-6-14(13)11-16/h2-5,7,9,11,18H,6,8,10H2,1H3. The van der Waals surface area contributed by atoms with E-state index >= 15 is 0 Å². The maximum atomic E-state index is 12.5. The number of carbonyl (C=O) groups excluding carboxylic acids is 1. The molecule has 0 fully saturated rings. The van der Waals surface area contributed by atoms with Crippen molar-refractivity contribution in [3.8, 4) is 0 Å². The molecule has 0 saturated heterocycles. The van der Waals surface area contributed by atoms with Gasteiger partial charge in [0.15, 0.2) is 0 Å². The second-order valence-electron chi connectivity index (χ2n) is 5.57. The van der Waals surface area contributed by atoms with Crippen molar-refractivity contribution in [3.05, 3.63) is 59.2 Å². The van der Waals surface area contributed by atoms with Crippen LogP contribution < -0.4 is 4.72 Å². The van der Waals surface area contributed by atoms with E-state index in [1.54, 1.807) is 30.3 Å². The molecule has 2 aromatic carbocycles. The lowest BCUT2D eigenvalue weighted by Crippen LogP contribution is -2.17. The second-order valence-corrected chi connectivity index (χ2v) is 7.25. The summed E-state index contributed by atoms with van der Waals surface area (Å²) in [5.74, 6) is 0.209. The molecule has 0 bridgehead atoms. The van der Waals surface area contributed by atoms with Gasteiger partial charge in [-0.25, -0.2) is 8.42 Å². The predicted molar refractivity (Wildman–Crippen MR) is 85.5 cm³/mol. The van der Waals surface area contributed by atoms with Crippen LogP contribution in [0.1, 0.15) is 23.1 Å². The van der Waals surface area contributed by atoms with Crippen molar-refractivity contribution in [2.75, 3.05) is 4.72 Å². The summed E-state index contributed by atoms with van der Waals surface area (Å²) in [5.41, 5.74) is 3.34. The fraction of sp³-hybridized carbons (Fsp3) is 0.235. The lowest BCUT2D eigenvalue weighted by atomic mass is 9.91. The fourth-order valence-corrected chi connectivity index (χ4v) is 3.82. The van der Waals surface area contributed by atoms with Crippen LogP contribution in [0.3, 0.4) is 0 Å². The molecule has 2 aromatic rings. The van der Waals surface area contributed by atoms with E-state index in [0.29, 0.717) is 24.9 Å². The minimum absolute atomic E-state index is 0.209. The van der Waals surface area contributed by atoms with Crippen LogP contribution in [0.4, 0.5) is 5.69 Å². The van der Waals surface area contributed by atoms with E-state index < -0.39 is 10.0 Å². The molecule has 0 saturated carbocycles. The fourth-order valence-electron chi connectivity index (χ4n) is 2.64. The van der Waals surface area contributed by atoms with Gasteiger partial charge in [0.2, 0.25) is 0 Å². The van der Waals surface area contributed by atoms with Crippen molar-refractivity contribution in [3.63, 3.8) is 0 Å². The second kappa shape index (κ2) is 5.57. The van der Waals surface area contributed by atoms with Gasteiger partial charge in [0.05, 0.1) is 10.6 Å². The average Bonchev–Trinajstić information content (AvgIpc) is 2.49. The molecule has 0 radical (unpaired) electrons. The Morgan fingerprint density at radius 1 is 1.00 bits per heavy atom. The Morgan fingerprint density at radius 2 is 1.77 bits per heavy atom. The highest BCUT2D eigenvalue weighted by Crippen LogP contribution is 2.25. The topological polar surface area (TPSA) is 63.2 Å². The largest absolute Gasteiger partial charge is 0.299 e. The Labute approximate surface area is 130 Å². The summed E-state index contributed by atoms with van der Waals surface area (Å²) in [4.78, 5) is 11.7. The number of sulfonamides is 1. The lowest BCUT2D eigenvalue weighted by Gasteiger charge is -2.17. The Balaban J connectivity index is 1.93. The highest BCUT2D eigenvalue weighted by molar-refractivity contribution is 7.92. The van der Waals surface area contributed by atoms with Crippen molar-refractivity contribution < 1.29 is 13.2 Å². The van der Waals surface area contributed by atoms with Crippen LogP contribution in [0.15, 0.2) is 47.4 Å². The summed E-state index contributed by atoms with van der Waals surface area (Å²) in [6, 6.07) is 12.3. The Hall–Kier alpha value is -2.14. The SMILES string of the molecule is Cc1ccccc1NS(=O)(=O)c1ccc2c(c1)CCC(=O)C2. The monoisotopic (exact) mass is 315 g/mol. The maximum absolute atomic E-state index is 12.5. The lowest BCUT2D eigenvalue weighted by molar-refractivity contribution is -0.118. The smallest absolute Gasteiger partial charge is 0.261 e. The highest BCUT2D eigenvalue weighted by Gasteiger charge is 2.20. The zero-order valence-corrected chi connectivity index (χ0v) is 13.1. The van der Waals surface area contributed by atoms with Gasteiger partial charge in [-0.1, -0.05) is 24.3 Å². The third kappa shape index (κ3) is 2.90. The van der Waals surface area contributed by atoms with Crippen molar-refractivity contribution >= 4 is 21.5 Å². The Morgan fingerprint density at radius 3 is 2.55 bits per heavy atom. The number of rotatable bonds is 3. The number of Topliss-reactive ketones (excluding diaryl/α,β-unsaturated/α-hetero) is 1. The van der Waals surface area contributed by atoms with E-state index in [4.69, 9.17) is 0 Å². The van der Waals surface area contributed by atoms with E-state index in [9.17, 15) is 13.2 Å². The maximum Gasteiger partial charge on any atom is 0.261 e. The van der Waals surface area contributed by atoms with E-state index in [1.807, 2.05) is 19.1 Å². The van der Waals surface area contributed by atoms with Crippen LogP contribution in [0.2, 0.25) is 0 Å². The molecule has 0 spiro atoms. The van der Waals surface area contributed by atoms with Crippen molar-refractivity contribution in [1.82, 2.24) is 0 Å². The summed E-state index contributed by atoms with van der Waals surface area (Å²) in [6.45, 7) is 1.86. The molecule has 114 valence electrons. The molecule has 1 aliphatic rings. The molecule has 0 amide bonds. The van der Waals surface area contributed by atoms with Crippen LogP contribution in [0.25, 0.3) is 0 Å². The number of anilines is 1. The number of hydrogen-bond acceptors (Lipinski definition) is 3. The summed E-state index contributed by atoms with van der Waals surface area (Å²) in [6.07, 6.45) is 1.50. The first-order chi connectivity index (χ1) is 10.5. The molecule has 1 N–H and O–H groups in total. The number of nitrogens with one attached hydrogen (secondary N) is 1. The molecular formula is C17H17NO3S. The van der Waals surface area contributed by atoms with Gasteiger partial charge in [-0.15, -0.1) is 0 Å². The van der Waals surface area contributed by atoms with Crippen molar-refractivity contribution in [2.45, 2.75) is 31.1 Å². The van der Waals surface area contributed by atoms with Gasteiger partial charge in [0.1, 0.15) is 5.78 Å². The van der Waals surface area contributed by atoms with Gasteiger partial charge in [-0.3, -0.25) is 9.52 Å². The number of aryl methyl sites for hydroxylation is 2. The number of fused-ring (bicyclic) bond motifs is 1. The molecule has 4 nitrogen and oxygen atoms in total. The molecule has 1 aliphatic carbocycles. The Kier molecular flexibility index (Phi) is 3.74. The van der Waals surface area contributed by atoms with Gasteiger partial charge < -0.3 is 0 Å². The minimum Gasteiger partial charge on any atom is -0.299 e. The third-order valence-corrected chi connectivity index (χ3v) is 5.30.